The molecular weight excluding hydrogens is 412 g/mol. The average molecular weight is 435 g/mol. The van der Waals surface area contributed by atoms with Crippen LogP contribution in [0.25, 0.3) is 10.7 Å². The van der Waals surface area contributed by atoms with Crippen LogP contribution >= 0.6 is 23.1 Å². The lowest BCUT2D eigenvalue weighted by atomic mass is 10.2. The molecule has 0 saturated heterocycles. The van der Waals surface area contributed by atoms with Crippen LogP contribution in [0.4, 0.5) is 5.69 Å². The van der Waals surface area contributed by atoms with Gasteiger partial charge in [-0.2, -0.15) is 0 Å². The van der Waals surface area contributed by atoms with Crippen LogP contribution in [0.15, 0.2) is 83.3 Å². The van der Waals surface area contributed by atoms with Crippen LogP contribution in [0.1, 0.15) is 12.5 Å². The second kappa shape index (κ2) is 9.28. The first-order chi connectivity index (χ1) is 14.6. The molecule has 0 aliphatic heterocycles. The molecule has 0 radical (unpaired) electrons. The highest BCUT2D eigenvalue weighted by molar-refractivity contribution is 8.00. The van der Waals surface area contributed by atoms with Crippen molar-refractivity contribution in [3.8, 4) is 10.7 Å². The number of nitrogens with zero attached hydrogens (tertiary/aromatic N) is 4. The number of hydrogen-bond donors (Lipinski definition) is 0. The molecule has 2 heterocycles. The Balaban J connectivity index is 1.59. The minimum absolute atomic E-state index is 0.0261. The molecule has 4 rings (SSSR count). The van der Waals surface area contributed by atoms with E-state index in [-0.39, 0.29) is 11.2 Å². The molecule has 0 aliphatic carbocycles. The Hall–Kier alpha value is -2.90. The molecule has 5 nitrogen and oxygen atoms in total. The van der Waals surface area contributed by atoms with Crippen molar-refractivity contribution in [1.29, 1.82) is 0 Å². The van der Waals surface area contributed by atoms with Crippen LogP contribution in [0.3, 0.4) is 0 Å². The van der Waals surface area contributed by atoms with Crippen molar-refractivity contribution in [2.45, 2.75) is 23.9 Å². The van der Waals surface area contributed by atoms with Crippen LogP contribution < -0.4 is 4.90 Å². The van der Waals surface area contributed by atoms with Gasteiger partial charge in [0.2, 0.25) is 5.91 Å². The Morgan fingerprint density at radius 1 is 1.03 bits per heavy atom. The predicted octanol–water partition coefficient (Wildman–Crippen LogP) is 5.20. The van der Waals surface area contributed by atoms with Gasteiger partial charge in [-0.15, -0.1) is 21.5 Å². The van der Waals surface area contributed by atoms with Gasteiger partial charge in [0.25, 0.3) is 0 Å². The average Bonchev–Trinajstić information content (AvgIpc) is 3.44. The summed E-state index contributed by atoms with van der Waals surface area (Å²) in [7, 11) is 1.81. The number of benzene rings is 2. The first-order valence-electron chi connectivity index (χ1n) is 9.64. The van der Waals surface area contributed by atoms with Crippen LogP contribution in [0, 0.1) is 0 Å². The van der Waals surface area contributed by atoms with E-state index in [4.69, 9.17) is 0 Å². The Kier molecular flexibility index (Phi) is 6.30. The van der Waals surface area contributed by atoms with E-state index in [1.165, 1.54) is 11.8 Å². The van der Waals surface area contributed by atoms with Crippen molar-refractivity contribution in [2.24, 2.45) is 0 Å². The molecule has 0 N–H and O–H groups in total. The molecule has 0 saturated carbocycles. The number of amides is 1. The molecule has 0 spiro atoms. The summed E-state index contributed by atoms with van der Waals surface area (Å²) < 4.78 is 2.10. The zero-order valence-corrected chi connectivity index (χ0v) is 18.4. The molecule has 2 aromatic carbocycles. The lowest BCUT2D eigenvalue weighted by molar-refractivity contribution is -0.117. The van der Waals surface area contributed by atoms with E-state index in [0.717, 1.165) is 27.1 Å². The monoisotopic (exact) mass is 434 g/mol. The first-order valence-corrected chi connectivity index (χ1v) is 11.4. The van der Waals surface area contributed by atoms with Gasteiger partial charge in [-0.05, 0) is 36.1 Å². The number of rotatable bonds is 7. The van der Waals surface area contributed by atoms with Gasteiger partial charge in [0.05, 0.1) is 16.7 Å². The van der Waals surface area contributed by atoms with Crippen LogP contribution in [0.2, 0.25) is 0 Å². The molecule has 2 aromatic heterocycles. The van der Waals surface area contributed by atoms with Crippen molar-refractivity contribution in [3.05, 3.63) is 83.7 Å². The minimum Gasteiger partial charge on any atom is -0.315 e. The number of aromatic nitrogens is 3. The fraction of sp³-hybridized carbons (Fsp3) is 0.174. The fourth-order valence-corrected chi connectivity index (χ4v) is 4.79. The third-order valence-corrected chi connectivity index (χ3v) is 6.68. The van der Waals surface area contributed by atoms with Gasteiger partial charge in [0.15, 0.2) is 11.0 Å². The molecule has 152 valence electrons. The predicted molar refractivity (Wildman–Crippen MR) is 124 cm³/mol. The SMILES string of the molecule is C[C@H](Sc1nnc(-c2cccs2)n1Cc1ccccc1)C(=O)N(C)c1ccccc1. The summed E-state index contributed by atoms with van der Waals surface area (Å²) in [4.78, 5) is 15.8. The zero-order chi connectivity index (χ0) is 20.9. The molecule has 1 atom stereocenters. The summed E-state index contributed by atoms with van der Waals surface area (Å²) in [5.41, 5.74) is 2.04. The normalized spacial score (nSPS) is 11.9. The second-order valence-corrected chi connectivity index (χ2v) is 9.10. The van der Waals surface area contributed by atoms with Gasteiger partial charge in [0.1, 0.15) is 0 Å². The number of anilines is 1. The van der Waals surface area contributed by atoms with E-state index >= 15 is 0 Å². The van der Waals surface area contributed by atoms with E-state index in [0.29, 0.717) is 6.54 Å². The van der Waals surface area contributed by atoms with Crippen molar-refractivity contribution in [3.63, 3.8) is 0 Å². The second-order valence-electron chi connectivity index (χ2n) is 6.85. The Morgan fingerprint density at radius 3 is 2.40 bits per heavy atom. The molecule has 1 amide bonds. The van der Waals surface area contributed by atoms with Gasteiger partial charge in [-0.1, -0.05) is 66.4 Å². The molecule has 0 bridgehead atoms. The number of thioether (sulfide) groups is 1. The summed E-state index contributed by atoms with van der Waals surface area (Å²) in [6, 6.07) is 24.0. The summed E-state index contributed by atoms with van der Waals surface area (Å²) in [5, 5.41) is 11.4. The fourth-order valence-electron chi connectivity index (χ4n) is 3.13. The van der Waals surface area contributed by atoms with E-state index in [2.05, 4.69) is 26.9 Å². The maximum Gasteiger partial charge on any atom is 0.240 e. The number of para-hydroxylation sites is 1. The highest BCUT2D eigenvalue weighted by Crippen LogP contribution is 2.31. The van der Waals surface area contributed by atoms with Gasteiger partial charge < -0.3 is 4.90 Å². The summed E-state index contributed by atoms with van der Waals surface area (Å²) in [6.07, 6.45) is 0. The third kappa shape index (κ3) is 4.47. The molecule has 0 aliphatic rings. The van der Waals surface area contributed by atoms with Crippen molar-refractivity contribution in [1.82, 2.24) is 14.8 Å². The Labute approximate surface area is 184 Å². The highest BCUT2D eigenvalue weighted by Gasteiger charge is 2.24. The topological polar surface area (TPSA) is 51.0 Å². The lowest BCUT2D eigenvalue weighted by Crippen LogP contribution is -2.33. The van der Waals surface area contributed by atoms with Crippen LogP contribution in [0.5, 0.6) is 0 Å². The van der Waals surface area contributed by atoms with Gasteiger partial charge >= 0.3 is 0 Å². The van der Waals surface area contributed by atoms with E-state index in [9.17, 15) is 4.79 Å². The number of carbonyl (C=O) groups is 1. The number of thiophene rings is 1. The molecule has 4 aromatic rings. The van der Waals surface area contributed by atoms with Crippen molar-refractivity contribution >= 4 is 34.7 Å². The van der Waals surface area contributed by atoms with Crippen LogP contribution in [-0.2, 0) is 11.3 Å². The Morgan fingerprint density at radius 2 is 1.73 bits per heavy atom. The lowest BCUT2D eigenvalue weighted by Gasteiger charge is -2.21. The molecule has 30 heavy (non-hydrogen) atoms. The summed E-state index contributed by atoms with van der Waals surface area (Å²) in [6.45, 7) is 2.57. The molecule has 0 fully saturated rings. The maximum absolute atomic E-state index is 13.0. The van der Waals surface area contributed by atoms with Gasteiger partial charge in [0, 0.05) is 12.7 Å². The Bertz CT molecular complexity index is 1090. The quantitative estimate of drug-likeness (QED) is 0.375. The summed E-state index contributed by atoms with van der Waals surface area (Å²) in [5.74, 6) is 0.852. The maximum atomic E-state index is 13.0. The highest BCUT2D eigenvalue weighted by atomic mass is 32.2. The van der Waals surface area contributed by atoms with E-state index in [1.54, 1.807) is 23.3 Å². The van der Waals surface area contributed by atoms with E-state index < -0.39 is 0 Å². The first kappa shape index (κ1) is 20.4. The smallest absolute Gasteiger partial charge is 0.240 e. The standard InChI is InChI=1S/C23H22N4OS2/c1-17(22(28)26(2)19-12-7-4-8-13-19)30-23-25-24-21(20-14-9-15-29-20)27(23)16-18-10-5-3-6-11-18/h3-15,17H,16H2,1-2H3/t17-/m0/s1. The van der Waals surface area contributed by atoms with Gasteiger partial charge in [-0.3, -0.25) is 9.36 Å². The van der Waals surface area contributed by atoms with Crippen molar-refractivity contribution in [2.75, 3.05) is 11.9 Å². The zero-order valence-electron chi connectivity index (χ0n) is 16.8. The number of carbonyl (C=O) groups excluding carboxylic acids is 1. The minimum atomic E-state index is -0.301. The number of hydrogen-bond acceptors (Lipinski definition) is 5. The molecule has 7 heteroatoms. The largest absolute Gasteiger partial charge is 0.315 e. The summed E-state index contributed by atoms with van der Waals surface area (Å²) >= 11 is 3.08. The molecule has 0 unspecified atom stereocenters. The third-order valence-electron chi connectivity index (χ3n) is 4.75. The van der Waals surface area contributed by atoms with Crippen molar-refractivity contribution < 1.29 is 4.79 Å². The molecular formula is C23H22N4OS2. The van der Waals surface area contributed by atoms with Crippen LogP contribution in [-0.4, -0.2) is 33.0 Å². The van der Waals surface area contributed by atoms with E-state index in [1.807, 2.05) is 73.0 Å². The van der Waals surface area contributed by atoms with Gasteiger partial charge in [-0.25, -0.2) is 0 Å².